The van der Waals surface area contributed by atoms with Gasteiger partial charge in [0.05, 0.1) is 5.52 Å². The molecular formula is C10H7NO2. The van der Waals surface area contributed by atoms with Gasteiger partial charge in [0.15, 0.2) is 0 Å². The molecule has 1 heterocycles. The highest BCUT2D eigenvalue weighted by Gasteiger charge is 1.97. The summed E-state index contributed by atoms with van der Waals surface area (Å²) in [6, 6.07) is 8.33. The molecule has 2 rings (SSSR count). The van der Waals surface area contributed by atoms with Crippen LogP contribution in [0, 0.1) is 0 Å². The van der Waals surface area contributed by atoms with Crippen LogP contribution in [0.1, 0.15) is 10.4 Å². The summed E-state index contributed by atoms with van der Waals surface area (Å²) in [5.41, 5.74) is 1.30. The maximum atomic E-state index is 10.4. The van der Waals surface area contributed by atoms with Crippen LogP contribution in [0.2, 0.25) is 0 Å². The second kappa shape index (κ2) is 2.86. The second-order valence-electron chi connectivity index (χ2n) is 2.74. The molecule has 0 unspecified atom stereocenters. The third kappa shape index (κ3) is 1.36. The first-order valence-corrected chi connectivity index (χ1v) is 3.84. The monoisotopic (exact) mass is 173 g/mol. The van der Waals surface area contributed by atoms with Crippen molar-refractivity contribution in [3.63, 3.8) is 0 Å². The Bertz CT molecular complexity index is 465. The van der Waals surface area contributed by atoms with Crippen molar-refractivity contribution in [1.29, 1.82) is 0 Å². The Morgan fingerprint density at radius 3 is 2.85 bits per heavy atom. The van der Waals surface area contributed by atoms with Crippen LogP contribution in [0.5, 0.6) is 5.88 Å². The molecule has 0 spiro atoms. The molecule has 2 aromatic rings. The van der Waals surface area contributed by atoms with Crippen LogP contribution < -0.4 is 0 Å². The topological polar surface area (TPSA) is 50.2 Å². The SMILES string of the molecule is O=Cc1ccc2nc(O)ccc2c1. The van der Waals surface area contributed by atoms with Crippen molar-refractivity contribution in [1.82, 2.24) is 4.98 Å². The van der Waals surface area contributed by atoms with E-state index in [0.717, 1.165) is 11.7 Å². The quantitative estimate of drug-likeness (QED) is 0.668. The van der Waals surface area contributed by atoms with Crippen LogP contribution in [-0.2, 0) is 0 Å². The van der Waals surface area contributed by atoms with Crippen molar-refractivity contribution in [2.24, 2.45) is 0 Å². The van der Waals surface area contributed by atoms with Crippen molar-refractivity contribution in [3.05, 3.63) is 35.9 Å². The number of rotatable bonds is 1. The number of aldehydes is 1. The summed E-state index contributed by atoms with van der Waals surface area (Å²) in [5.74, 6) is -0.00801. The predicted molar refractivity (Wildman–Crippen MR) is 48.8 cm³/mol. The highest BCUT2D eigenvalue weighted by atomic mass is 16.3. The average molecular weight is 173 g/mol. The van der Waals surface area contributed by atoms with Crippen LogP contribution in [0.25, 0.3) is 10.9 Å². The number of pyridine rings is 1. The Kier molecular flexibility index (Phi) is 1.70. The molecule has 0 aliphatic heterocycles. The van der Waals surface area contributed by atoms with Crippen molar-refractivity contribution in [2.45, 2.75) is 0 Å². The van der Waals surface area contributed by atoms with Gasteiger partial charge >= 0.3 is 0 Å². The minimum absolute atomic E-state index is 0.00801. The lowest BCUT2D eigenvalue weighted by molar-refractivity contribution is 0.112. The molecule has 1 aromatic carbocycles. The van der Waals surface area contributed by atoms with Crippen LogP contribution in [0.15, 0.2) is 30.3 Å². The highest BCUT2D eigenvalue weighted by molar-refractivity contribution is 5.86. The first kappa shape index (κ1) is 7.73. The Morgan fingerprint density at radius 1 is 1.23 bits per heavy atom. The van der Waals surface area contributed by atoms with Crippen LogP contribution >= 0.6 is 0 Å². The van der Waals surface area contributed by atoms with E-state index in [-0.39, 0.29) is 5.88 Å². The van der Waals surface area contributed by atoms with Gasteiger partial charge in [0.2, 0.25) is 5.88 Å². The molecule has 0 saturated carbocycles. The van der Waals surface area contributed by atoms with E-state index in [2.05, 4.69) is 4.98 Å². The van der Waals surface area contributed by atoms with Crippen molar-refractivity contribution < 1.29 is 9.90 Å². The summed E-state index contributed by atoms with van der Waals surface area (Å²) in [6.45, 7) is 0. The standard InChI is InChI=1S/C10H7NO2/c12-6-7-1-3-9-8(5-7)2-4-10(13)11-9/h1-6H,(H,11,13). The molecule has 3 heteroatoms. The summed E-state index contributed by atoms with van der Waals surface area (Å²) < 4.78 is 0. The number of carbonyl (C=O) groups is 1. The van der Waals surface area contributed by atoms with E-state index in [1.807, 2.05) is 0 Å². The van der Waals surface area contributed by atoms with E-state index in [1.54, 1.807) is 24.3 Å². The van der Waals surface area contributed by atoms with Gasteiger partial charge in [-0.2, -0.15) is 0 Å². The van der Waals surface area contributed by atoms with Crippen molar-refractivity contribution >= 4 is 17.2 Å². The van der Waals surface area contributed by atoms with Gasteiger partial charge in [0.25, 0.3) is 0 Å². The number of aromatic nitrogens is 1. The summed E-state index contributed by atoms with van der Waals surface area (Å²) in [7, 11) is 0. The van der Waals surface area contributed by atoms with Gasteiger partial charge in [-0.1, -0.05) is 0 Å². The molecule has 0 fully saturated rings. The molecule has 64 valence electrons. The smallest absolute Gasteiger partial charge is 0.211 e. The largest absolute Gasteiger partial charge is 0.493 e. The summed E-state index contributed by atoms with van der Waals surface area (Å²) in [4.78, 5) is 14.3. The maximum absolute atomic E-state index is 10.4. The second-order valence-corrected chi connectivity index (χ2v) is 2.74. The summed E-state index contributed by atoms with van der Waals surface area (Å²) in [5, 5.41) is 9.93. The molecule has 0 bridgehead atoms. The number of hydrogen-bond donors (Lipinski definition) is 1. The molecule has 1 N–H and O–H groups in total. The normalized spacial score (nSPS) is 10.2. The number of aromatic hydroxyl groups is 1. The van der Waals surface area contributed by atoms with E-state index in [1.165, 1.54) is 6.07 Å². The lowest BCUT2D eigenvalue weighted by Gasteiger charge is -1.97. The van der Waals surface area contributed by atoms with Crippen molar-refractivity contribution in [3.8, 4) is 5.88 Å². The molecule has 1 aromatic heterocycles. The number of hydrogen-bond acceptors (Lipinski definition) is 3. The molecular weight excluding hydrogens is 166 g/mol. The van der Waals surface area contributed by atoms with Gasteiger partial charge < -0.3 is 5.11 Å². The molecule has 0 amide bonds. The van der Waals surface area contributed by atoms with Gasteiger partial charge in [0, 0.05) is 17.0 Å². The third-order valence-corrected chi connectivity index (χ3v) is 1.83. The number of nitrogens with zero attached hydrogens (tertiary/aromatic N) is 1. The maximum Gasteiger partial charge on any atom is 0.211 e. The Labute approximate surface area is 74.7 Å². The first-order valence-electron chi connectivity index (χ1n) is 3.84. The first-order chi connectivity index (χ1) is 6.29. The molecule has 0 atom stereocenters. The molecule has 0 aliphatic carbocycles. The van der Waals surface area contributed by atoms with E-state index in [4.69, 9.17) is 5.11 Å². The van der Waals surface area contributed by atoms with E-state index in [9.17, 15) is 4.79 Å². The lowest BCUT2D eigenvalue weighted by Crippen LogP contribution is -1.82. The molecule has 0 saturated heterocycles. The van der Waals surface area contributed by atoms with E-state index >= 15 is 0 Å². The highest BCUT2D eigenvalue weighted by Crippen LogP contribution is 2.16. The number of carbonyl (C=O) groups excluding carboxylic acids is 1. The summed E-state index contributed by atoms with van der Waals surface area (Å²) in [6.07, 6.45) is 0.784. The Balaban J connectivity index is 2.73. The predicted octanol–water partition coefficient (Wildman–Crippen LogP) is 1.75. The van der Waals surface area contributed by atoms with Crippen molar-refractivity contribution in [2.75, 3.05) is 0 Å². The van der Waals surface area contributed by atoms with Gasteiger partial charge in [-0.05, 0) is 24.3 Å². The molecule has 13 heavy (non-hydrogen) atoms. The fraction of sp³-hybridized carbons (Fsp3) is 0. The van der Waals surface area contributed by atoms with Gasteiger partial charge in [-0.3, -0.25) is 4.79 Å². The van der Waals surface area contributed by atoms with Gasteiger partial charge in [0.1, 0.15) is 6.29 Å². The van der Waals surface area contributed by atoms with Gasteiger partial charge in [-0.25, -0.2) is 4.98 Å². The van der Waals surface area contributed by atoms with Crippen LogP contribution in [0.4, 0.5) is 0 Å². The fourth-order valence-corrected chi connectivity index (χ4v) is 1.21. The molecule has 0 radical (unpaired) electrons. The summed E-state index contributed by atoms with van der Waals surface area (Å²) >= 11 is 0. The zero-order chi connectivity index (χ0) is 9.26. The van der Waals surface area contributed by atoms with Crippen LogP contribution in [0.3, 0.4) is 0 Å². The fourth-order valence-electron chi connectivity index (χ4n) is 1.21. The van der Waals surface area contributed by atoms with Crippen LogP contribution in [-0.4, -0.2) is 16.4 Å². The number of benzene rings is 1. The Morgan fingerprint density at radius 2 is 2.08 bits per heavy atom. The zero-order valence-corrected chi connectivity index (χ0v) is 6.77. The average Bonchev–Trinajstić information content (AvgIpc) is 2.17. The van der Waals surface area contributed by atoms with Gasteiger partial charge in [-0.15, -0.1) is 0 Å². The lowest BCUT2D eigenvalue weighted by atomic mass is 10.1. The molecule has 0 aliphatic rings. The van der Waals surface area contributed by atoms with E-state index in [0.29, 0.717) is 11.1 Å². The third-order valence-electron chi connectivity index (χ3n) is 1.83. The minimum Gasteiger partial charge on any atom is -0.493 e. The molecule has 3 nitrogen and oxygen atoms in total. The minimum atomic E-state index is -0.00801. The zero-order valence-electron chi connectivity index (χ0n) is 6.77. The number of fused-ring (bicyclic) bond motifs is 1. The van der Waals surface area contributed by atoms with E-state index < -0.39 is 0 Å². The Hall–Kier alpha value is -1.90.